The minimum atomic E-state index is -0.523. The highest BCUT2D eigenvalue weighted by Crippen LogP contribution is 2.26. The van der Waals surface area contributed by atoms with Crippen molar-refractivity contribution in [3.05, 3.63) is 68.2 Å². The molecule has 0 aliphatic carbocycles. The van der Waals surface area contributed by atoms with Gasteiger partial charge >= 0.3 is 0 Å². The molecule has 0 atom stereocenters. The van der Waals surface area contributed by atoms with Crippen LogP contribution < -0.4 is 5.32 Å². The van der Waals surface area contributed by atoms with E-state index in [2.05, 4.69) is 23.0 Å². The maximum Gasteiger partial charge on any atom is 0.269 e. The Morgan fingerprint density at radius 1 is 1.36 bits per heavy atom. The highest BCUT2D eigenvalue weighted by Gasteiger charge is 2.07. The molecule has 146 valence electrons. The zero-order valence-electron chi connectivity index (χ0n) is 15.5. The van der Waals surface area contributed by atoms with E-state index in [-0.39, 0.29) is 11.6 Å². The van der Waals surface area contributed by atoms with Crippen molar-refractivity contribution in [2.75, 3.05) is 11.9 Å². The molecule has 9 heteroatoms. The van der Waals surface area contributed by atoms with E-state index in [1.165, 1.54) is 24.3 Å². The number of halogens is 1. The molecule has 0 saturated carbocycles. The van der Waals surface area contributed by atoms with Crippen molar-refractivity contribution in [1.29, 1.82) is 16.1 Å². The monoisotopic (exact) mass is 401 g/mol. The van der Waals surface area contributed by atoms with Crippen LogP contribution in [-0.2, 0) is 4.74 Å². The van der Waals surface area contributed by atoms with Gasteiger partial charge in [-0.05, 0) is 43.2 Å². The van der Waals surface area contributed by atoms with Crippen LogP contribution in [0.4, 0.5) is 11.4 Å². The van der Waals surface area contributed by atoms with Crippen LogP contribution in [-0.4, -0.2) is 23.8 Å². The van der Waals surface area contributed by atoms with E-state index in [0.717, 1.165) is 24.2 Å². The summed E-state index contributed by atoms with van der Waals surface area (Å²) in [7, 11) is 0. The van der Waals surface area contributed by atoms with Crippen LogP contribution in [0.15, 0.2) is 36.4 Å². The summed E-state index contributed by atoms with van der Waals surface area (Å²) >= 11 is 6.01. The molecular weight excluding hydrogens is 382 g/mol. The van der Waals surface area contributed by atoms with Gasteiger partial charge in [0.15, 0.2) is 6.40 Å². The molecule has 0 aromatic heterocycles. The van der Waals surface area contributed by atoms with Crippen LogP contribution in [0.2, 0.25) is 5.02 Å². The third-order valence-corrected chi connectivity index (χ3v) is 4.08. The van der Waals surface area contributed by atoms with Gasteiger partial charge in [-0.3, -0.25) is 20.9 Å². The van der Waals surface area contributed by atoms with Crippen molar-refractivity contribution in [3.8, 4) is 6.07 Å². The number of rotatable bonds is 6. The molecule has 0 unspecified atom stereocenters. The van der Waals surface area contributed by atoms with Crippen molar-refractivity contribution in [1.82, 2.24) is 0 Å². The number of benzene rings is 2. The van der Waals surface area contributed by atoms with Gasteiger partial charge in [-0.15, -0.1) is 0 Å². The summed E-state index contributed by atoms with van der Waals surface area (Å²) in [5.41, 5.74) is 2.83. The van der Waals surface area contributed by atoms with E-state index >= 15 is 0 Å². The van der Waals surface area contributed by atoms with E-state index in [1.54, 1.807) is 6.07 Å². The van der Waals surface area contributed by atoms with Crippen molar-refractivity contribution in [2.24, 2.45) is 0 Å². The molecule has 0 spiro atoms. The van der Waals surface area contributed by atoms with Gasteiger partial charge in [0.05, 0.1) is 15.5 Å². The average Bonchev–Trinajstić information content (AvgIpc) is 2.70. The van der Waals surface area contributed by atoms with Crippen LogP contribution in [0.3, 0.4) is 0 Å². The number of hydrogen-bond acceptors (Lipinski definition) is 7. The smallest absolute Gasteiger partial charge is 0.269 e. The van der Waals surface area contributed by atoms with Crippen molar-refractivity contribution in [2.45, 2.75) is 20.3 Å². The van der Waals surface area contributed by atoms with Gasteiger partial charge in [0.1, 0.15) is 6.07 Å². The normalized spacial score (nSPS) is 9.36. The fraction of sp³-hybridized carbons (Fsp3) is 0.211. The molecule has 3 N–H and O–H groups in total. The van der Waals surface area contributed by atoms with Crippen molar-refractivity contribution >= 4 is 35.3 Å². The first-order chi connectivity index (χ1) is 13.3. The van der Waals surface area contributed by atoms with Gasteiger partial charge < -0.3 is 10.1 Å². The minimum absolute atomic E-state index is 0.0450. The summed E-state index contributed by atoms with van der Waals surface area (Å²) in [4.78, 5) is 9.77. The lowest BCUT2D eigenvalue weighted by Crippen LogP contribution is -2.02. The molecule has 0 heterocycles. The lowest BCUT2D eigenvalue weighted by Gasteiger charge is -2.10. The number of anilines is 1. The van der Waals surface area contributed by atoms with Crippen molar-refractivity contribution < 1.29 is 9.66 Å². The topological polar surface area (TPSA) is 136 Å². The van der Waals surface area contributed by atoms with E-state index in [1.807, 2.05) is 13.0 Å². The molecule has 0 fully saturated rings. The number of hydrogen-bond donors (Lipinski definition) is 3. The quantitative estimate of drug-likeness (QED) is 0.274. The standard InChI is InChI=1S/C11H13ClN2.C8H7N3O3/c1-3-6-14-10-5-4-9(7-13)11(12)8(10)2;9-5-14-8(10)6-1-3-7(4-2-6)11(12)13/h4-5,14H,3,6H2,1-2H3;1-5,9-10H. The number of nitro benzene ring substituents is 1. The molecule has 0 radical (unpaired) electrons. The van der Waals surface area contributed by atoms with Gasteiger partial charge in [-0.1, -0.05) is 18.5 Å². The Morgan fingerprint density at radius 2 is 2.00 bits per heavy atom. The van der Waals surface area contributed by atoms with Crippen molar-refractivity contribution in [3.63, 3.8) is 0 Å². The highest BCUT2D eigenvalue weighted by molar-refractivity contribution is 6.32. The fourth-order valence-corrected chi connectivity index (χ4v) is 2.29. The number of nitriles is 1. The van der Waals surface area contributed by atoms with Gasteiger partial charge in [0.2, 0.25) is 5.90 Å². The largest absolute Gasteiger partial charge is 0.428 e. The minimum Gasteiger partial charge on any atom is -0.428 e. The zero-order valence-corrected chi connectivity index (χ0v) is 16.2. The first-order valence-electron chi connectivity index (χ1n) is 8.27. The van der Waals surface area contributed by atoms with E-state index in [9.17, 15) is 10.1 Å². The summed E-state index contributed by atoms with van der Waals surface area (Å²) in [5.74, 6) is -0.213. The number of nitrogens with one attached hydrogen (secondary N) is 3. The SMILES string of the molecule is CCCNc1ccc(C#N)c(Cl)c1C.N=COC(=N)c1ccc([N+](=O)[O-])cc1. The van der Waals surface area contributed by atoms with Gasteiger partial charge in [0, 0.05) is 29.9 Å². The lowest BCUT2D eigenvalue weighted by molar-refractivity contribution is -0.384. The maximum absolute atomic E-state index is 10.3. The summed E-state index contributed by atoms with van der Waals surface area (Å²) in [6.07, 6.45) is 1.70. The van der Waals surface area contributed by atoms with Gasteiger partial charge in [-0.25, -0.2) is 0 Å². The lowest BCUT2D eigenvalue weighted by atomic mass is 10.1. The summed E-state index contributed by atoms with van der Waals surface area (Å²) in [6, 6.07) is 11.0. The van der Waals surface area contributed by atoms with Gasteiger partial charge in [0.25, 0.3) is 5.69 Å². The predicted molar refractivity (Wildman–Crippen MR) is 109 cm³/mol. The molecule has 0 amide bonds. The van der Waals surface area contributed by atoms with Gasteiger partial charge in [-0.2, -0.15) is 5.26 Å². The molecule has 0 aliphatic rings. The Balaban J connectivity index is 0.000000280. The second-order valence-electron chi connectivity index (χ2n) is 5.51. The molecule has 0 aliphatic heterocycles. The molecule has 2 aromatic carbocycles. The summed E-state index contributed by atoms with van der Waals surface area (Å²) in [6.45, 7) is 4.94. The van der Waals surface area contributed by atoms with E-state index < -0.39 is 4.92 Å². The number of nitrogens with zero attached hydrogens (tertiary/aromatic N) is 2. The predicted octanol–water partition coefficient (Wildman–Crippen LogP) is 4.89. The Bertz CT molecular complexity index is 892. The number of nitro groups is 1. The molecule has 0 saturated heterocycles. The Morgan fingerprint density at radius 3 is 2.50 bits per heavy atom. The molecule has 28 heavy (non-hydrogen) atoms. The van der Waals surface area contributed by atoms with Crippen LogP contribution in [0.1, 0.15) is 30.0 Å². The first kappa shape index (κ1) is 22.6. The summed E-state index contributed by atoms with van der Waals surface area (Å²) < 4.78 is 4.48. The molecule has 0 bridgehead atoms. The van der Waals surface area contributed by atoms with Crippen LogP contribution in [0.5, 0.6) is 0 Å². The third-order valence-electron chi connectivity index (χ3n) is 3.59. The van der Waals surface area contributed by atoms with Crippen LogP contribution in [0, 0.1) is 39.2 Å². The zero-order chi connectivity index (χ0) is 21.1. The molecule has 2 aromatic rings. The maximum atomic E-state index is 10.3. The highest BCUT2D eigenvalue weighted by atomic mass is 35.5. The number of ether oxygens (including phenoxy) is 1. The molecule has 8 nitrogen and oxygen atoms in total. The van der Waals surface area contributed by atoms with Crippen LogP contribution >= 0.6 is 11.6 Å². The average molecular weight is 402 g/mol. The van der Waals surface area contributed by atoms with E-state index in [0.29, 0.717) is 22.6 Å². The molecule has 2 rings (SSSR count). The Kier molecular flexibility index (Phi) is 9.13. The fourth-order valence-electron chi connectivity index (χ4n) is 2.08. The third kappa shape index (κ3) is 6.37. The Hall–Kier alpha value is -3.44. The van der Waals surface area contributed by atoms with E-state index in [4.69, 9.17) is 27.7 Å². The summed E-state index contributed by atoms with van der Waals surface area (Å²) in [5, 5.41) is 36.7. The number of non-ortho nitro benzene ring substituents is 1. The Labute approximate surface area is 167 Å². The molecular formula is C19H20ClN5O3. The second kappa shape index (κ2) is 11.3. The first-order valence-corrected chi connectivity index (χ1v) is 8.65. The second-order valence-corrected chi connectivity index (χ2v) is 5.89. The van der Waals surface area contributed by atoms with Crippen LogP contribution in [0.25, 0.3) is 0 Å².